The molecule has 28 heavy (non-hydrogen) atoms. The molecule has 1 atom stereocenters. The standard InChI is InChI=1S/C22H23F3N2O/c1-21(2)13-22(14-27(21)17-7-5-16(23)6-8-17)10-3-11-26(22)20(28)15-4-9-18(24)19(25)12-15/h4-9,12H,3,10-11,13-14H2,1-2H3. The van der Waals surface area contributed by atoms with Gasteiger partial charge in [-0.25, -0.2) is 13.2 Å². The highest BCUT2D eigenvalue weighted by atomic mass is 19.2. The molecule has 3 nitrogen and oxygen atoms in total. The molecule has 0 N–H and O–H groups in total. The molecule has 2 fully saturated rings. The number of hydrogen-bond acceptors (Lipinski definition) is 2. The number of anilines is 1. The summed E-state index contributed by atoms with van der Waals surface area (Å²) in [6, 6.07) is 9.70. The average Bonchev–Trinajstić information content (AvgIpc) is 3.17. The second-order valence-electron chi connectivity index (χ2n) is 8.47. The summed E-state index contributed by atoms with van der Waals surface area (Å²) >= 11 is 0. The summed E-state index contributed by atoms with van der Waals surface area (Å²) in [6.07, 6.45) is 2.47. The predicted molar refractivity (Wildman–Crippen MR) is 102 cm³/mol. The average molecular weight is 388 g/mol. The van der Waals surface area contributed by atoms with Crippen molar-refractivity contribution in [1.29, 1.82) is 0 Å². The Morgan fingerprint density at radius 2 is 1.71 bits per heavy atom. The summed E-state index contributed by atoms with van der Waals surface area (Å²) in [7, 11) is 0. The van der Waals surface area contributed by atoms with E-state index in [1.807, 2.05) is 4.90 Å². The van der Waals surface area contributed by atoms with E-state index in [1.165, 1.54) is 18.2 Å². The van der Waals surface area contributed by atoms with Crippen molar-refractivity contribution in [3.05, 3.63) is 65.5 Å². The van der Waals surface area contributed by atoms with Crippen LogP contribution in [-0.4, -0.2) is 35.0 Å². The second-order valence-corrected chi connectivity index (χ2v) is 8.47. The fraction of sp³-hybridized carbons (Fsp3) is 0.409. The molecule has 0 radical (unpaired) electrons. The monoisotopic (exact) mass is 388 g/mol. The molecule has 2 saturated heterocycles. The van der Waals surface area contributed by atoms with E-state index in [-0.39, 0.29) is 28.4 Å². The number of likely N-dealkylation sites (tertiary alicyclic amines) is 1. The van der Waals surface area contributed by atoms with Crippen LogP contribution in [0.4, 0.5) is 18.9 Å². The van der Waals surface area contributed by atoms with E-state index in [1.54, 1.807) is 12.1 Å². The molecule has 2 aliphatic rings. The summed E-state index contributed by atoms with van der Waals surface area (Å²) in [5.74, 6) is -2.53. The van der Waals surface area contributed by atoms with Crippen LogP contribution >= 0.6 is 0 Å². The van der Waals surface area contributed by atoms with Crippen LogP contribution < -0.4 is 4.90 Å². The maximum atomic E-state index is 13.6. The van der Waals surface area contributed by atoms with E-state index < -0.39 is 11.6 Å². The van der Waals surface area contributed by atoms with E-state index in [4.69, 9.17) is 0 Å². The molecule has 0 bridgehead atoms. The second kappa shape index (κ2) is 6.54. The third-order valence-corrected chi connectivity index (χ3v) is 6.09. The van der Waals surface area contributed by atoms with E-state index in [0.717, 1.165) is 37.1 Å². The van der Waals surface area contributed by atoms with Crippen LogP contribution in [-0.2, 0) is 0 Å². The van der Waals surface area contributed by atoms with Gasteiger partial charge in [0.05, 0.1) is 5.54 Å². The lowest BCUT2D eigenvalue weighted by Crippen LogP contribution is -2.49. The molecule has 0 aliphatic carbocycles. The number of nitrogens with zero attached hydrogens (tertiary/aromatic N) is 2. The van der Waals surface area contributed by atoms with Gasteiger partial charge in [-0.15, -0.1) is 0 Å². The van der Waals surface area contributed by atoms with E-state index in [0.29, 0.717) is 13.1 Å². The number of carbonyl (C=O) groups is 1. The molecule has 0 saturated carbocycles. The fourth-order valence-corrected chi connectivity index (χ4v) is 4.92. The molecule has 4 rings (SSSR count). The lowest BCUT2D eigenvalue weighted by molar-refractivity contribution is 0.0616. The molecule has 0 aromatic heterocycles. The summed E-state index contributed by atoms with van der Waals surface area (Å²) in [5.41, 5.74) is 0.475. The minimum absolute atomic E-state index is 0.165. The summed E-state index contributed by atoms with van der Waals surface area (Å²) in [4.78, 5) is 17.2. The minimum atomic E-state index is -1.02. The number of hydrogen-bond donors (Lipinski definition) is 0. The Kier molecular flexibility index (Phi) is 4.40. The van der Waals surface area contributed by atoms with Crippen LogP contribution in [0.3, 0.4) is 0 Å². The van der Waals surface area contributed by atoms with Gasteiger partial charge >= 0.3 is 0 Å². The maximum Gasteiger partial charge on any atom is 0.254 e. The van der Waals surface area contributed by atoms with Crippen LogP contribution in [0.5, 0.6) is 0 Å². The lowest BCUT2D eigenvalue weighted by Gasteiger charge is -2.35. The molecule has 1 unspecified atom stereocenters. The van der Waals surface area contributed by atoms with Crippen molar-refractivity contribution in [2.75, 3.05) is 18.0 Å². The molecule has 1 spiro atoms. The maximum absolute atomic E-state index is 13.6. The van der Waals surface area contributed by atoms with Gasteiger partial charge in [0.2, 0.25) is 0 Å². The SMILES string of the molecule is CC1(C)CC2(CCCN2C(=O)c2ccc(F)c(F)c2)CN1c1ccc(F)cc1. The molecular weight excluding hydrogens is 365 g/mol. The predicted octanol–water partition coefficient (Wildman–Crippen LogP) is 4.77. The van der Waals surface area contributed by atoms with Gasteiger partial charge in [0.25, 0.3) is 5.91 Å². The van der Waals surface area contributed by atoms with Crippen molar-refractivity contribution in [1.82, 2.24) is 4.90 Å². The van der Waals surface area contributed by atoms with Gasteiger partial charge < -0.3 is 9.80 Å². The summed E-state index contributed by atoms with van der Waals surface area (Å²) < 4.78 is 40.3. The first-order chi connectivity index (χ1) is 13.2. The topological polar surface area (TPSA) is 23.6 Å². The molecule has 148 valence electrons. The van der Waals surface area contributed by atoms with Gasteiger partial charge in [-0.3, -0.25) is 4.79 Å². The van der Waals surface area contributed by atoms with Crippen molar-refractivity contribution in [3.8, 4) is 0 Å². The largest absolute Gasteiger partial charge is 0.364 e. The molecule has 1 amide bonds. The van der Waals surface area contributed by atoms with Crippen molar-refractivity contribution >= 4 is 11.6 Å². The normalized spacial score (nSPS) is 23.6. The Morgan fingerprint density at radius 3 is 2.39 bits per heavy atom. The van der Waals surface area contributed by atoms with E-state index >= 15 is 0 Å². The molecule has 2 aromatic rings. The van der Waals surface area contributed by atoms with Crippen LogP contribution in [0.2, 0.25) is 0 Å². The zero-order valence-corrected chi connectivity index (χ0v) is 16.0. The van der Waals surface area contributed by atoms with Crippen LogP contribution in [0.25, 0.3) is 0 Å². The quantitative estimate of drug-likeness (QED) is 0.740. The Labute approximate surface area is 162 Å². The first-order valence-corrected chi connectivity index (χ1v) is 9.52. The van der Waals surface area contributed by atoms with Gasteiger partial charge in [0.15, 0.2) is 11.6 Å². The lowest BCUT2D eigenvalue weighted by atomic mass is 9.87. The van der Waals surface area contributed by atoms with Gasteiger partial charge in [-0.05, 0) is 75.6 Å². The molecule has 2 aliphatic heterocycles. The van der Waals surface area contributed by atoms with Crippen molar-refractivity contribution in [2.45, 2.75) is 44.2 Å². The number of amides is 1. The smallest absolute Gasteiger partial charge is 0.254 e. The fourth-order valence-electron chi connectivity index (χ4n) is 4.92. The zero-order chi connectivity index (χ0) is 20.1. The Balaban J connectivity index is 1.65. The first kappa shape index (κ1) is 18.8. The van der Waals surface area contributed by atoms with Gasteiger partial charge in [0.1, 0.15) is 5.82 Å². The van der Waals surface area contributed by atoms with E-state index in [9.17, 15) is 18.0 Å². The zero-order valence-electron chi connectivity index (χ0n) is 16.0. The highest BCUT2D eigenvalue weighted by molar-refractivity contribution is 5.95. The molecular formula is C22H23F3N2O. The summed E-state index contributed by atoms with van der Waals surface area (Å²) in [5, 5.41) is 0. The Morgan fingerprint density at radius 1 is 1.00 bits per heavy atom. The van der Waals surface area contributed by atoms with Crippen molar-refractivity contribution in [3.63, 3.8) is 0 Å². The first-order valence-electron chi connectivity index (χ1n) is 9.52. The number of halogens is 3. The number of rotatable bonds is 2. The third kappa shape index (κ3) is 3.05. The van der Waals surface area contributed by atoms with Gasteiger partial charge in [-0.1, -0.05) is 0 Å². The van der Waals surface area contributed by atoms with Crippen LogP contribution in [0.1, 0.15) is 43.5 Å². The highest BCUT2D eigenvalue weighted by Crippen LogP contribution is 2.47. The molecule has 2 heterocycles. The summed E-state index contributed by atoms with van der Waals surface area (Å²) in [6.45, 7) is 5.44. The van der Waals surface area contributed by atoms with Crippen molar-refractivity contribution < 1.29 is 18.0 Å². The number of benzene rings is 2. The molecule has 2 aromatic carbocycles. The van der Waals surface area contributed by atoms with Gasteiger partial charge in [-0.2, -0.15) is 0 Å². The minimum Gasteiger partial charge on any atom is -0.364 e. The van der Waals surface area contributed by atoms with Crippen molar-refractivity contribution in [2.24, 2.45) is 0 Å². The van der Waals surface area contributed by atoms with Crippen LogP contribution in [0.15, 0.2) is 42.5 Å². The molecule has 6 heteroatoms. The Hall–Kier alpha value is -2.50. The van der Waals surface area contributed by atoms with Crippen LogP contribution in [0, 0.1) is 17.5 Å². The number of carbonyl (C=O) groups excluding carboxylic acids is 1. The third-order valence-electron chi connectivity index (χ3n) is 6.09. The van der Waals surface area contributed by atoms with E-state index in [2.05, 4.69) is 18.7 Å². The highest BCUT2D eigenvalue weighted by Gasteiger charge is 2.54. The van der Waals surface area contributed by atoms with Gasteiger partial charge in [0, 0.05) is 29.9 Å². The Bertz CT molecular complexity index is 912.